The first-order chi connectivity index (χ1) is 13.4. The second-order valence-corrected chi connectivity index (χ2v) is 10.1. The molecular weight excluding hydrogens is 481 g/mol. The van der Waals surface area contributed by atoms with Gasteiger partial charge in [0, 0.05) is 17.1 Å². The van der Waals surface area contributed by atoms with Gasteiger partial charge in [0.15, 0.2) is 0 Å². The molecule has 29 heavy (non-hydrogen) atoms. The maximum atomic E-state index is 13.0. The summed E-state index contributed by atoms with van der Waals surface area (Å²) in [5.74, 6) is -0.163. The molecule has 0 unspecified atom stereocenters. The number of aromatic nitrogens is 2. The molecular formula is C22H26IN3O3. The van der Waals surface area contributed by atoms with Crippen molar-refractivity contribution in [3.8, 4) is 11.4 Å². The van der Waals surface area contributed by atoms with Crippen LogP contribution in [-0.4, -0.2) is 32.7 Å². The van der Waals surface area contributed by atoms with Crippen LogP contribution >= 0.6 is 22.6 Å². The van der Waals surface area contributed by atoms with Gasteiger partial charge in [-0.05, 0) is 76.3 Å². The van der Waals surface area contributed by atoms with Crippen LogP contribution < -0.4 is 5.32 Å². The van der Waals surface area contributed by atoms with E-state index in [-0.39, 0.29) is 11.4 Å². The van der Waals surface area contributed by atoms with E-state index in [1.165, 1.54) is 0 Å². The summed E-state index contributed by atoms with van der Waals surface area (Å²) < 4.78 is 7.94. The van der Waals surface area contributed by atoms with E-state index in [0.717, 1.165) is 14.5 Å². The largest absolute Gasteiger partial charge is 0.443 e. The van der Waals surface area contributed by atoms with Gasteiger partial charge in [-0.1, -0.05) is 18.2 Å². The Morgan fingerprint density at radius 3 is 2.38 bits per heavy atom. The normalized spacial score (nSPS) is 12.2. The zero-order chi connectivity index (χ0) is 21.6. The maximum Gasteiger partial charge on any atom is 0.419 e. The van der Waals surface area contributed by atoms with E-state index >= 15 is 0 Å². The van der Waals surface area contributed by atoms with Gasteiger partial charge >= 0.3 is 6.09 Å². The number of rotatable bonds is 2. The fraction of sp³-hybridized carbons (Fsp3) is 0.364. The minimum Gasteiger partial charge on any atom is -0.443 e. The fourth-order valence-electron chi connectivity index (χ4n) is 3.01. The molecule has 1 aromatic carbocycles. The van der Waals surface area contributed by atoms with Crippen LogP contribution in [0.25, 0.3) is 22.3 Å². The lowest BCUT2D eigenvalue weighted by Crippen LogP contribution is -2.40. The zero-order valence-corrected chi connectivity index (χ0v) is 19.7. The van der Waals surface area contributed by atoms with E-state index in [1.54, 1.807) is 10.8 Å². The number of halogens is 1. The Morgan fingerprint density at radius 1 is 1.10 bits per heavy atom. The molecule has 0 saturated carbocycles. The number of carbonyl (C=O) groups excluding carboxylic acids is 2. The predicted octanol–water partition coefficient (Wildman–Crippen LogP) is 5.55. The Hall–Kier alpha value is -2.29. The van der Waals surface area contributed by atoms with Crippen LogP contribution in [0.2, 0.25) is 0 Å². The fourth-order valence-corrected chi connectivity index (χ4v) is 3.84. The quantitative estimate of drug-likeness (QED) is 0.447. The number of benzene rings is 1. The summed E-state index contributed by atoms with van der Waals surface area (Å²) in [4.78, 5) is 28.9. The molecule has 3 rings (SSSR count). The molecule has 7 heteroatoms. The van der Waals surface area contributed by atoms with Gasteiger partial charge in [0.05, 0.1) is 26.0 Å². The molecule has 3 aromatic rings. The average molecular weight is 507 g/mol. The van der Waals surface area contributed by atoms with E-state index in [2.05, 4.69) is 32.9 Å². The molecule has 2 heterocycles. The molecule has 6 nitrogen and oxygen atoms in total. The first-order valence-corrected chi connectivity index (χ1v) is 10.5. The van der Waals surface area contributed by atoms with Crippen LogP contribution in [0.4, 0.5) is 4.79 Å². The van der Waals surface area contributed by atoms with E-state index < -0.39 is 11.7 Å². The Balaban J connectivity index is 2.12. The number of nitrogens with zero attached hydrogens (tertiary/aromatic N) is 1. The number of para-hydroxylation sites is 1. The van der Waals surface area contributed by atoms with Gasteiger partial charge in [-0.2, -0.15) is 0 Å². The zero-order valence-electron chi connectivity index (χ0n) is 17.5. The van der Waals surface area contributed by atoms with Crippen LogP contribution in [0, 0.1) is 3.57 Å². The topological polar surface area (TPSA) is 76.1 Å². The van der Waals surface area contributed by atoms with Gasteiger partial charge in [-0.15, -0.1) is 0 Å². The highest BCUT2D eigenvalue weighted by atomic mass is 127. The summed E-state index contributed by atoms with van der Waals surface area (Å²) in [5, 5.41) is 3.89. The van der Waals surface area contributed by atoms with Crippen molar-refractivity contribution in [3.63, 3.8) is 0 Å². The average Bonchev–Trinajstić information content (AvgIpc) is 3.11. The second-order valence-electron chi connectivity index (χ2n) is 9.00. The number of aromatic amines is 1. The minimum absolute atomic E-state index is 0.163. The Labute approximate surface area is 184 Å². The number of amides is 1. The van der Waals surface area contributed by atoms with Crippen LogP contribution in [-0.2, 0) is 4.74 Å². The summed E-state index contributed by atoms with van der Waals surface area (Å²) in [7, 11) is 0. The van der Waals surface area contributed by atoms with Crippen LogP contribution in [0.5, 0.6) is 0 Å². The van der Waals surface area contributed by atoms with Gasteiger partial charge in [-0.25, -0.2) is 9.36 Å². The lowest BCUT2D eigenvalue weighted by atomic mass is 10.1. The van der Waals surface area contributed by atoms with Gasteiger partial charge in [0.2, 0.25) is 0 Å². The van der Waals surface area contributed by atoms with Gasteiger partial charge in [0.25, 0.3) is 5.91 Å². The van der Waals surface area contributed by atoms with Crippen LogP contribution in [0.1, 0.15) is 51.9 Å². The van der Waals surface area contributed by atoms with Crippen molar-refractivity contribution in [1.29, 1.82) is 0 Å². The monoisotopic (exact) mass is 507 g/mol. The molecule has 0 spiro atoms. The van der Waals surface area contributed by atoms with E-state index in [4.69, 9.17) is 4.74 Å². The number of ether oxygens (including phenoxy) is 1. The van der Waals surface area contributed by atoms with Crippen molar-refractivity contribution >= 4 is 45.5 Å². The van der Waals surface area contributed by atoms with E-state index in [1.807, 2.05) is 71.9 Å². The number of carbonyl (C=O) groups is 2. The first kappa shape index (κ1) is 21.4. The molecule has 0 radical (unpaired) electrons. The van der Waals surface area contributed by atoms with Crippen molar-refractivity contribution in [2.45, 2.75) is 52.7 Å². The van der Waals surface area contributed by atoms with Crippen molar-refractivity contribution in [2.75, 3.05) is 0 Å². The second kappa shape index (κ2) is 7.51. The lowest BCUT2D eigenvalue weighted by molar-refractivity contribution is 0.0547. The van der Waals surface area contributed by atoms with Crippen LogP contribution in [0.3, 0.4) is 0 Å². The third-order valence-electron chi connectivity index (χ3n) is 4.09. The highest BCUT2D eigenvalue weighted by Crippen LogP contribution is 2.33. The first-order valence-electron chi connectivity index (χ1n) is 9.41. The number of fused-ring (bicyclic) bond motifs is 1. The van der Waals surface area contributed by atoms with Crippen LogP contribution in [0.15, 0.2) is 36.5 Å². The summed E-state index contributed by atoms with van der Waals surface area (Å²) in [5.41, 5.74) is 1.68. The molecule has 0 bridgehead atoms. The van der Waals surface area contributed by atoms with Crippen molar-refractivity contribution in [3.05, 3.63) is 45.7 Å². The molecule has 2 aromatic heterocycles. The number of H-pyrrole nitrogens is 1. The summed E-state index contributed by atoms with van der Waals surface area (Å²) in [6.07, 6.45) is 1.22. The maximum absolute atomic E-state index is 13.0. The number of hydrogen-bond donors (Lipinski definition) is 2. The van der Waals surface area contributed by atoms with Crippen molar-refractivity contribution < 1.29 is 14.3 Å². The van der Waals surface area contributed by atoms with Gasteiger partial charge in [0.1, 0.15) is 5.60 Å². The Bertz CT molecular complexity index is 1080. The minimum atomic E-state index is -0.625. The molecule has 2 N–H and O–H groups in total. The third kappa shape index (κ3) is 4.66. The number of nitrogens with one attached hydrogen (secondary N) is 2. The summed E-state index contributed by atoms with van der Waals surface area (Å²) in [6, 6.07) is 9.56. The molecule has 1 amide bonds. The molecule has 0 atom stereocenters. The summed E-state index contributed by atoms with van der Waals surface area (Å²) in [6.45, 7) is 11.3. The van der Waals surface area contributed by atoms with E-state index in [9.17, 15) is 9.59 Å². The highest BCUT2D eigenvalue weighted by molar-refractivity contribution is 14.1. The molecule has 0 fully saturated rings. The Morgan fingerprint density at radius 2 is 1.76 bits per heavy atom. The Kier molecular flexibility index (Phi) is 5.55. The standard InChI is InChI=1S/C22H26IN3O3/c1-21(2,3)25-19(27)14-12-24-18(17(14)23)16-11-13-9-7-8-10-15(13)26(16)20(28)29-22(4,5)6/h7-12,24H,1-6H3,(H,25,27). The summed E-state index contributed by atoms with van der Waals surface area (Å²) >= 11 is 2.14. The smallest absolute Gasteiger partial charge is 0.419 e. The van der Waals surface area contributed by atoms with Crippen molar-refractivity contribution in [2.24, 2.45) is 0 Å². The molecule has 0 aliphatic carbocycles. The SMILES string of the molecule is CC(C)(C)NC(=O)c1c[nH]c(-c2cc3ccccc3n2C(=O)OC(C)(C)C)c1I. The highest BCUT2D eigenvalue weighted by Gasteiger charge is 2.26. The van der Waals surface area contributed by atoms with Gasteiger partial charge in [-0.3, -0.25) is 4.79 Å². The van der Waals surface area contributed by atoms with Crippen molar-refractivity contribution in [1.82, 2.24) is 14.9 Å². The molecule has 0 saturated heterocycles. The molecule has 154 valence electrons. The van der Waals surface area contributed by atoms with E-state index in [0.29, 0.717) is 17.0 Å². The predicted molar refractivity (Wildman–Crippen MR) is 123 cm³/mol. The lowest BCUT2D eigenvalue weighted by Gasteiger charge is -2.21. The third-order valence-corrected chi connectivity index (χ3v) is 5.21. The molecule has 0 aliphatic heterocycles. The van der Waals surface area contributed by atoms with Gasteiger partial charge < -0.3 is 15.0 Å². The number of hydrogen-bond acceptors (Lipinski definition) is 3. The molecule has 0 aliphatic rings.